The van der Waals surface area contributed by atoms with Crippen molar-refractivity contribution in [2.45, 2.75) is 6.42 Å². The molecule has 13 heteroatoms. The summed E-state index contributed by atoms with van der Waals surface area (Å²) in [6.45, 7) is -0.834. The van der Waals surface area contributed by atoms with E-state index in [1.54, 1.807) is 0 Å². The van der Waals surface area contributed by atoms with E-state index in [0.29, 0.717) is 5.02 Å². The minimum atomic E-state index is -0.935. The van der Waals surface area contributed by atoms with Crippen molar-refractivity contribution >= 4 is 58.3 Å². The highest BCUT2D eigenvalue weighted by Gasteiger charge is 2.37. The molecular weight excluding hydrogens is 479 g/mol. The molecular formula is C20H16Cl2N4O7. The molecule has 0 radical (unpaired) electrons. The topological polar surface area (TPSA) is 148 Å². The fourth-order valence-corrected chi connectivity index (χ4v) is 3.47. The zero-order chi connectivity index (χ0) is 24.1. The van der Waals surface area contributed by atoms with Crippen LogP contribution in [0.3, 0.4) is 0 Å². The number of carbonyl (C=O) groups excluding carboxylic acids is 4. The normalized spacial score (nSPS) is 15.2. The Labute approximate surface area is 196 Å². The van der Waals surface area contributed by atoms with Crippen LogP contribution in [0.5, 0.6) is 0 Å². The van der Waals surface area contributed by atoms with Crippen molar-refractivity contribution in [1.29, 1.82) is 0 Å². The van der Waals surface area contributed by atoms with Gasteiger partial charge < -0.3 is 10.1 Å². The molecule has 0 aliphatic carbocycles. The molecule has 0 spiro atoms. The van der Waals surface area contributed by atoms with Crippen molar-refractivity contribution in [3.63, 3.8) is 0 Å². The molecule has 3 amide bonds. The summed E-state index contributed by atoms with van der Waals surface area (Å²) in [5, 5.41) is 15.0. The molecule has 1 aliphatic heterocycles. The van der Waals surface area contributed by atoms with E-state index >= 15 is 0 Å². The smallest absolute Gasteiger partial charge is 0.311 e. The Morgan fingerprint density at radius 2 is 1.91 bits per heavy atom. The standard InChI is InChI=1S/C20H16Cl2N4O7/c21-12-5-6-15(14(22)8-12)23-17(27)10-33-20(30)11-7-18(28)25(9-11)24-19(29)13-3-1-2-4-16(13)26(31)32/h1-6,8,11H,7,9-10H2,(H,23,27)(H,24,29)/t11-/m0/s1. The summed E-state index contributed by atoms with van der Waals surface area (Å²) < 4.78 is 4.96. The van der Waals surface area contributed by atoms with Crippen molar-refractivity contribution in [3.05, 3.63) is 68.2 Å². The summed E-state index contributed by atoms with van der Waals surface area (Å²) in [6, 6.07) is 9.68. The number of benzene rings is 2. The van der Waals surface area contributed by atoms with Crippen molar-refractivity contribution < 1.29 is 28.8 Å². The van der Waals surface area contributed by atoms with Gasteiger partial charge in [0.05, 0.1) is 28.1 Å². The highest BCUT2D eigenvalue weighted by molar-refractivity contribution is 6.36. The van der Waals surface area contributed by atoms with Crippen molar-refractivity contribution in [2.24, 2.45) is 5.92 Å². The number of hydrazine groups is 1. The second-order valence-electron chi connectivity index (χ2n) is 6.90. The van der Waals surface area contributed by atoms with Gasteiger partial charge in [-0.1, -0.05) is 35.3 Å². The lowest BCUT2D eigenvalue weighted by Crippen LogP contribution is -2.43. The van der Waals surface area contributed by atoms with E-state index < -0.39 is 46.8 Å². The third kappa shape index (κ3) is 5.96. The lowest BCUT2D eigenvalue weighted by molar-refractivity contribution is -0.385. The van der Waals surface area contributed by atoms with Gasteiger partial charge in [-0.2, -0.15) is 0 Å². The summed E-state index contributed by atoms with van der Waals surface area (Å²) >= 11 is 11.7. The molecule has 0 bridgehead atoms. The first-order valence-corrected chi connectivity index (χ1v) is 10.2. The van der Waals surface area contributed by atoms with Crippen molar-refractivity contribution in [1.82, 2.24) is 10.4 Å². The highest BCUT2D eigenvalue weighted by Crippen LogP contribution is 2.25. The number of halogens is 2. The molecule has 1 fully saturated rings. The number of nitrogens with one attached hydrogen (secondary N) is 2. The van der Waals surface area contributed by atoms with E-state index in [9.17, 15) is 29.3 Å². The van der Waals surface area contributed by atoms with Crippen molar-refractivity contribution in [3.8, 4) is 0 Å². The first-order chi connectivity index (χ1) is 15.7. The average molecular weight is 495 g/mol. The maximum absolute atomic E-state index is 12.4. The summed E-state index contributed by atoms with van der Waals surface area (Å²) in [5.74, 6) is -3.86. The SMILES string of the molecule is O=C(COC(=O)[C@H]1CC(=O)N(NC(=O)c2ccccc2[N+](=O)[O-])C1)Nc1ccc(Cl)cc1Cl. The number of anilines is 1. The van der Waals surface area contributed by atoms with Crippen LogP contribution in [0.15, 0.2) is 42.5 Å². The molecule has 1 aliphatic rings. The molecule has 33 heavy (non-hydrogen) atoms. The first kappa shape index (κ1) is 24.0. The van der Waals surface area contributed by atoms with E-state index in [0.717, 1.165) is 11.1 Å². The zero-order valence-electron chi connectivity index (χ0n) is 16.7. The maximum Gasteiger partial charge on any atom is 0.311 e. The molecule has 0 unspecified atom stereocenters. The molecule has 172 valence electrons. The van der Waals surface area contributed by atoms with E-state index in [1.807, 2.05) is 0 Å². The maximum atomic E-state index is 12.4. The lowest BCUT2D eigenvalue weighted by atomic mass is 10.1. The molecule has 3 rings (SSSR count). The minimum Gasteiger partial charge on any atom is -0.455 e. The molecule has 11 nitrogen and oxygen atoms in total. The fraction of sp³-hybridized carbons (Fsp3) is 0.200. The van der Waals surface area contributed by atoms with Crippen LogP contribution in [0, 0.1) is 16.0 Å². The molecule has 2 N–H and O–H groups in total. The van der Waals surface area contributed by atoms with Crippen LogP contribution in [0.2, 0.25) is 10.0 Å². The van der Waals surface area contributed by atoms with Gasteiger partial charge in [0, 0.05) is 17.5 Å². The van der Waals surface area contributed by atoms with Gasteiger partial charge in [0.2, 0.25) is 5.91 Å². The number of para-hydroxylation sites is 1. The number of hydrogen-bond donors (Lipinski definition) is 2. The van der Waals surface area contributed by atoms with Crippen molar-refractivity contribution in [2.75, 3.05) is 18.5 Å². The van der Waals surface area contributed by atoms with Crippen LogP contribution in [0.4, 0.5) is 11.4 Å². The van der Waals surface area contributed by atoms with E-state index in [1.165, 1.54) is 36.4 Å². The molecule has 2 aromatic rings. The van der Waals surface area contributed by atoms with Gasteiger partial charge in [-0.15, -0.1) is 0 Å². The third-order valence-electron chi connectivity index (χ3n) is 4.59. The molecule has 0 saturated carbocycles. The van der Waals surface area contributed by atoms with E-state index in [-0.39, 0.29) is 29.2 Å². The summed E-state index contributed by atoms with van der Waals surface area (Å²) in [4.78, 5) is 59.2. The molecule has 1 saturated heterocycles. The number of hydrogen-bond acceptors (Lipinski definition) is 7. The van der Waals surface area contributed by atoms with Gasteiger partial charge in [0.15, 0.2) is 6.61 Å². The monoisotopic (exact) mass is 494 g/mol. The summed E-state index contributed by atoms with van der Waals surface area (Å²) in [5.41, 5.74) is 1.88. The number of esters is 1. The van der Waals surface area contributed by atoms with Crippen LogP contribution in [-0.2, 0) is 19.1 Å². The zero-order valence-corrected chi connectivity index (χ0v) is 18.3. The Kier molecular flexibility index (Phi) is 7.46. The molecule has 2 aromatic carbocycles. The van der Waals surface area contributed by atoms with Crippen LogP contribution in [0.25, 0.3) is 0 Å². The number of carbonyl (C=O) groups is 4. The Balaban J connectivity index is 1.53. The predicted molar refractivity (Wildman–Crippen MR) is 116 cm³/mol. The number of amides is 3. The Morgan fingerprint density at radius 1 is 1.18 bits per heavy atom. The van der Waals surface area contributed by atoms with E-state index in [4.69, 9.17) is 27.9 Å². The fourth-order valence-electron chi connectivity index (χ4n) is 3.01. The lowest BCUT2D eigenvalue weighted by Gasteiger charge is -2.17. The van der Waals surface area contributed by atoms with Gasteiger partial charge in [0.1, 0.15) is 5.56 Å². The average Bonchev–Trinajstić information content (AvgIpc) is 3.14. The first-order valence-electron chi connectivity index (χ1n) is 9.42. The van der Waals surface area contributed by atoms with Crippen LogP contribution >= 0.6 is 23.2 Å². The van der Waals surface area contributed by atoms with Gasteiger partial charge in [-0.05, 0) is 24.3 Å². The van der Waals surface area contributed by atoms with Crippen LogP contribution in [-0.4, -0.2) is 46.8 Å². The molecule has 1 heterocycles. The number of nitrogens with zero attached hydrogens (tertiary/aromatic N) is 2. The van der Waals surface area contributed by atoms with Crippen LogP contribution < -0.4 is 10.7 Å². The third-order valence-corrected chi connectivity index (χ3v) is 5.14. The Hall–Kier alpha value is -3.70. The largest absolute Gasteiger partial charge is 0.455 e. The predicted octanol–water partition coefficient (Wildman–Crippen LogP) is 2.58. The minimum absolute atomic E-state index is 0.202. The van der Waals surface area contributed by atoms with Gasteiger partial charge >= 0.3 is 5.97 Å². The second-order valence-corrected chi connectivity index (χ2v) is 7.74. The molecule has 1 atom stereocenters. The van der Waals surface area contributed by atoms with Gasteiger partial charge in [0.25, 0.3) is 17.5 Å². The second kappa shape index (κ2) is 10.3. The quantitative estimate of drug-likeness (QED) is 0.341. The summed E-state index contributed by atoms with van der Waals surface area (Å²) in [7, 11) is 0. The Morgan fingerprint density at radius 3 is 2.61 bits per heavy atom. The number of nitro groups is 1. The highest BCUT2D eigenvalue weighted by atomic mass is 35.5. The van der Waals surface area contributed by atoms with Gasteiger partial charge in [-0.3, -0.25) is 39.7 Å². The number of rotatable bonds is 7. The molecule has 0 aromatic heterocycles. The Bertz CT molecular complexity index is 1140. The van der Waals surface area contributed by atoms with Crippen LogP contribution in [0.1, 0.15) is 16.8 Å². The van der Waals surface area contributed by atoms with E-state index in [2.05, 4.69) is 10.7 Å². The summed E-state index contributed by atoms with van der Waals surface area (Å²) in [6.07, 6.45) is -0.263. The number of ether oxygens (including phenoxy) is 1. The number of nitro benzene ring substituents is 1. The van der Waals surface area contributed by atoms with Gasteiger partial charge in [-0.25, -0.2) is 0 Å².